The van der Waals surface area contributed by atoms with Gasteiger partial charge < -0.3 is 0 Å². The first-order valence-corrected chi connectivity index (χ1v) is 2.17. The standard InChI is InChI=1S/C5H7N2/c1-5-3-4-7(2)6-5/h3H,1-2H3. The van der Waals surface area contributed by atoms with E-state index in [0.29, 0.717) is 0 Å². The molecule has 1 rings (SSSR count). The molecule has 0 saturated heterocycles. The van der Waals surface area contributed by atoms with Crippen molar-refractivity contribution < 1.29 is 0 Å². The lowest BCUT2D eigenvalue weighted by atomic mass is 10.5. The molecule has 0 atom stereocenters. The van der Waals surface area contributed by atoms with Crippen molar-refractivity contribution in [3.63, 3.8) is 0 Å². The van der Waals surface area contributed by atoms with E-state index in [-0.39, 0.29) is 0 Å². The third-order valence-corrected chi connectivity index (χ3v) is 0.768. The van der Waals surface area contributed by atoms with Crippen LogP contribution in [0.4, 0.5) is 0 Å². The van der Waals surface area contributed by atoms with Gasteiger partial charge in [0.05, 0.1) is 11.9 Å². The fraction of sp³-hybridized carbons (Fsp3) is 0.400. The van der Waals surface area contributed by atoms with Gasteiger partial charge in [0.2, 0.25) is 0 Å². The SMILES string of the molecule is Cc1c[c]n(C)n1. The van der Waals surface area contributed by atoms with Crippen molar-refractivity contribution in [2.45, 2.75) is 6.92 Å². The molecule has 0 fully saturated rings. The maximum atomic E-state index is 3.97. The summed E-state index contributed by atoms with van der Waals surface area (Å²) >= 11 is 0. The minimum Gasteiger partial charge on any atom is -0.266 e. The van der Waals surface area contributed by atoms with Gasteiger partial charge in [-0.05, 0) is 13.0 Å². The number of aryl methyl sites for hydroxylation is 2. The van der Waals surface area contributed by atoms with Crippen LogP contribution in [0.3, 0.4) is 0 Å². The summed E-state index contributed by atoms with van der Waals surface area (Å²) < 4.78 is 1.66. The molecule has 0 saturated carbocycles. The van der Waals surface area contributed by atoms with Gasteiger partial charge in [-0.1, -0.05) is 0 Å². The van der Waals surface area contributed by atoms with Crippen LogP contribution in [0.15, 0.2) is 6.07 Å². The highest BCUT2D eigenvalue weighted by molar-refractivity contribution is 4.92. The van der Waals surface area contributed by atoms with Crippen LogP contribution in [0.2, 0.25) is 0 Å². The van der Waals surface area contributed by atoms with E-state index in [1.807, 2.05) is 20.0 Å². The van der Waals surface area contributed by atoms with Crippen molar-refractivity contribution in [2.24, 2.45) is 7.05 Å². The number of hydrogen-bond donors (Lipinski definition) is 0. The zero-order chi connectivity index (χ0) is 5.28. The summed E-state index contributed by atoms with van der Waals surface area (Å²) in [7, 11) is 1.85. The normalized spacial score (nSPS) is 9.43. The van der Waals surface area contributed by atoms with Crippen molar-refractivity contribution >= 4 is 0 Å². The van der Waals surface area contributed by atoms with E-state index in [2.05, 4.69) is 11.3 Å². The molecular weight excluding hydrogens is 88.1 g/mol. The van der Waals surface area contributed by atoms with Crippen molar-refractivity contribution in [3.8, 4) is 0 Å². The average molecular weight is 95.1 g/mol. The minimum atomic E-state index is 1.02. The van der Waals surface area contributed by atoms with Crippen LogP contribution in [0, 0.1) is 13.1 Å². The molecule has 1 radical (unpaired) electrons. The molecule has 37 valence electrons. The van der Waals surface area contributed by atoms with Gasteiger partial charge in [-0.2, -0.15) is 5.10 Å². The van der Waals surface area contributed by atoms with Crippen LogP contribution in [0.1, 0.15) is 5.69 Å². The Hall–Kier alpha value is -0.790. The van der Waals surface area contributed by atoms with E-state index in [9.17, 15) is 0 Å². The molecule has 2 heteroatoms. The number of aromatic nitrogens is 2. The predicted molar refractivity (Wildman–Crippen MR) is 26.8 cm³/mol. The maximum Gasteiger partial charge on any atom is 0.0862 e. The molecule has 7 heavy (non-hydrogen) atoms. The Bertz CT molecular complexity index is 138. The third kappa shape index (κ3) is 0.796. The van der Waals surface area contributed by atoms with E-state index in [1.54, 1.807) is 4.68 Å². The summed E-state index contributed by atoms with van der Waals surface area (Å²) in [5.74, 6) is 0. The molecule has 0 aliphatic carbocycles. The molecule has 0 unspecified atom stereocenters. The van der Waals surface area contributed by atoms with Crippen molar-refractivity contribution in [1.29, 1.82) is 0 Å². The Morgan fingerprint density at radius 3 is 2.71 bits per heavy atom. The van der Waals surface area contributed by atoms with Crippen LogP contribution in [-0.4, -0.2) is 9.78 Å². The number of hydrogen-bond acceptors (Lipinski definition) is 1. The molecular formula is C5H7N2. The van der Waals surface area contributed by atoms with E-state index in [1.165, 1.54) is 0 Å². The molecule has 0 spiro atoms. The van der Waals surface area contributed by atoms with E-state index < -0.39 is 0 Å². The van der Waals surface area contributed by atoms with Crippen LogP contribution in [0.25, 0.3) is 0 Å². The lowest BCUT2D eigenvalue weighted by Crippen LogP contribution is -1.86. The lowest BCUT2D eigenvalue weighted by Gasteiger charge is -1.79. The Balaban J connectivity index is 3.04. The zero-order valence-electron chi connectivity index (χ0n) is 4.47. The monoisotopic (exact) mass is 95.1 g/mol. The van der Waals surface area contributed by atoms with Gasteiger partial charge in [-0.15, -0.1) is 0 Å². The van der Waals surface area contributed by atoms with Crippen molar-refractivity contribution in [1.82, 2.24) is 9.78 Å². The largest absolute Gasteiger partial charge is 0.266 e. The minimum absolute atomic E-state index is 1.02. The third-order valence-electron chi connectivity index (χ3n) is 0.768. The first-order chi connectivity index (χ1) is 3.29. The molecule has 1 aromatic heterocycles. The second-order valence-electron chi connectivity index (χ2n) is 1.54. The number of rotatable bonds is 0. The molecule has 1 aromatic rings. The smallest absolute Gasteiger partial charge is 0.0862 e. The first kappa shape index (κ1) is 4.37. The quantitative estimate of drug-likeness (QED) is 0.459. The highest BCUT2D eigenvalue weighted by Crippen LogP contribution is 1.85. The average Bonchev–Trinajstić information content (AvgIpc) is 1.87. The Morgan fingerprint density at radius 2 is 2.57 bits per heavy atom. The van der Waals surface area contributed by atoms with Crippen LogP contribution >= 0.6 is 0 Å². The highest BCUT2D eigenvalue weighted by atomic mass is 15.2. The zero-order valence-corrected chi connectivity index (χ0v) is 4.47. The van der Waals surface area contributed by atoms with Crippen molar-refractivity contribution in [3.05, 3.63) is 18.0 Å². The fourth-order valence-corrected chi connectivity index (χ4v) is 0.481. The second-order valence-corrected chi connectivity index (χ2v) is 1.54. The van der Waals surface area contributed by atoms with Crippen LogP contribution in [-0.2, 0) is 7.05 Å². The fourth-order valence-electron chi connectivity index (χ4n) is 0.481. The van der Waals surface area contributed by atoms with Gasteiger partial charge in [-0.25, -0.2) is 0 Å². The van der Waals surface area contributed by atoms with E-state index in [0.717, 1.165) is 5.69 Å². The lowest BCUT2D eigenvalue weighted by molar-refractivity contribution is 0.751. The van der Waals surface area contributed by atoms with E-state index in [4.69, 9.17) is 0 Å². The van der Waals surface area contributed by atoms with Gasteiger partial charge in [0, 0.05) is 7.05 Å². The summed E-state index contributed by atoms with van der Waals surface area (Å²) in [5, 5.41) is 3.97. The molecule has 0 aliphatic rings. The number of nitrogens with zero attached hydrogens (tertiary/aromatic N) is 2. The molecule has 0 bridgehead atoms. The summed E-state index contributed by atoms with van der Waals surface area (Å²) in [6.07, 6.45) is 2.87. The van der Waals surface area contributed by atoms with Gasteiger partial charge in [-0.3, -0.25) is 4.68 Å². The summed E-state index contributed by atoms with van der Waals surface area (Å²) in [6.45, 7) is 1.94. The summed E-state index contributed by atoms with van der Waals surface area (Å²) in [6, 6.07) is 1.85. The second kappa shape index (κ2) is 1.37. The molecule has 2 nitrogen and oxygen atoms in total. The summed E-state index contributed by atoms with van der Waals surface area (Å²) in [4.78, 5) is 0. The summed E-state index contributed by atoms with van der Waals surface area (Å²) in [5.41, 5.74) is 1.02. The van der Waals surface area contributed by atoms with Gasteiger partial charge in [0.15, 0.2) is 0 Å². The maximum absolute atomic E-state index is 3.97. The van der Waals surface area contributed by atoms with Gasteiger partial charge in [0.25, 0.3) is 0 Å². The predicted octanol–water partition coefficient (Wildman–Crippen LogP) is 0.529. The Kier molecular flexibility index (Phi) is 0.855. The van der Waals surface area contributed by atoms with E-state index >= 15 is 0 Å². The highest BCUT2D eigenvalue weighted by Gasteiger charge is 1.83. The Labute approximate surface area is 42.8 Å². The molecule has 0 amide bonds. The molecule has 0 aliphatic heterocycles. The molecule has 1 heterocycles. The van der Waals surface area contributed by atoms with Crippen molar-refractivity contribution in [2.75, 3.05) is 0 Å². The first-order valence-electron chi connectivity index (χ1n) is 2.17. The molecule has 0 N–H and O–H groups in total. The Morgan fingerprint density at radius 1 is 1.86 bits per heavy atom. The van der Waals surface area contributed by atoms with Crippen LogP contribution < -0.4 is 0 Å². The molecule has 0 aromatic carbocycles. The topological polar surface area (TPSA) is 17.8 Å². The van der Waals surface area contributed by atoms with Crippen LogP contribution in [0.5, 0.6) is 0 Å². The van der Waals surface area contributed by atoms with Gasteiger partial charge >= 0.3 is 0 Å². The van der Waals surface area contributed by atoms with Gasteiger partial charge in [0.1, 0.15) is 0 Å².